The number of para-hydroxylation sites is 1. The molecule has 22 heavy (non-hydrogen) atoms. The molecule has 8 heteroatoms. The monoisotopic (exact) mass is 323 g/mol. The molecule has 0 aliphatic heterocycles. The van der Waals surface area contributed by atoms with E-state index in [1.54, 1.807) is 6.07 Å². The highest BCUT2D eigenvalue weighted by atomic mass is 35.5. The lowest BCUT2D eigenvalue weighted by molar-refractivity contribution is 0.0594. The molecule has 1 heterocycles. The van der Waals surface area contributed by atoms with Gasteiger partial charge in [-0.05, 0) is 12.1 Å². The summed E-state index contributed by atoms with van der Waals surface area (Å²) in [6.07, 6.45) is 0. The van der Waals surface area contributed by atoms with E-state index in [0.717, 1.165) is 13.2 Å². The zero-order valence-electron chi connectivity index (χ0n) is 11.2. The Hall–Kier alpha value is -2.72. The first-order valence-corrected chi connectivity index (χ1v) is 6.26. The molecule has 0 fully saturated rings. The minimum absolute atomic E-state index is 0.0888. The zero-order chi connectivity index (χ0) is 16.3. The van der Waals surface area contributed by atoms with E-state index >= 15 is 0 Å². The quantitative estimate of drug-likeness (QED) is 0.876. The summed E-state index contributed by atoms with van der Waals surface area (Å²) in [6, 6.07) is 7.01. The second-order valence-electron chi connectivity index (χ2n) is 4.02. The third-order valence-corrected chi connectivity index (χ3v) is 3.04. The fourth-order valence-corrected chi connectivity index (χ4v) is 1.84. The van der Waals surface area contributed by atoms with Crippen LogP contribution in [0.1, 0.15) is 16.2 Å². The molecule has 0 radical (unpaired) electrons. The summed E-state index contributed by atoms with van der Waals surface area (Å²) in [7, 11) is 1.06. The second-order valence-corrected chi connectivity index (χ2v) is 4.40. The first-order chi connectivity index (χ1) is 10.5. The molecule has 0 saturated carbocycles. The van der Waals surface area contributed by atoms with Gasteiger partial charge in [-0.25, -0.2) is 18.6 Å². The normalized spacial score (nSPS) is 9.95. The van der Waals surface area contributed by atoms with Crippen LogP contribution in [-0.4, -0.2) is 18.1 Å². The molecule has 0 amide bonds. The molecule has 1 aromatic heterocycles. The van der Waals surface area contributed by atoms with Crippen molar-refractivity contribution >= 4 is 28.9 Å². The van der Waals surface area contributed by atoms with Crippen LogP contribution in [0, 0.1) is 23.0 Å². The van der Waals surface area contributed by atoms with Gasteiger partial charge in [-0.15, -0.1) is 0 Å². The van der Waals surface area contributed by atoms with Crippen LogP contribution in [0.25, 0.3) is 0 Å². The third-order valence-electron chi connectivity index (χ3n) is 2.70. The number of halogens is 3. The summed E-state index contributed by atoms with van der Waals surface area (Å²) in [4.78, 5) is 15.4. The van der Waals surface area contributed by atoms with Gasteiger partial charge >= 0.3 is 5.97 Å². The van der Waals surface area contributed by atoms with Crippen LogP contribution in [0.3, 0.4) is 0 Å². The number of nitrogens with zero attached hydrogens (tertiary/aromatic N) is 2. The Morgan fingerprint density at radius 3 is 2.68 bits per heavy atom. The smallest absolute Gasteiger partial charge is 0.359 e. The molecule has 0 spiro atoms. The number of aromatic nitrogens is 1. The SMILES string of the molecule is COC(=O)c1nc(C#N)c(Cl)c(F)c1Nc1ccccc1F. The lowest BCUT2D eigenvalue weighted by Gasteiger charge is -2.13. The number of carbonyl (C=O) groups is 1. The third kappa shape index (κ3) is 2.82. The van der Waals surface area contributed by atoms with Crippen LogP contribution >= 0.6 is 11.6 Å². The summed E-state index contributed by atoms with van der Waals surface area (Å²) in [5.74, 6) is -2.76. The van der Waals surface area contributed by atoms with Crippen molar-refractivity contribution in [2.24, 2.45) is 0 Å². The van der Waals surface area contributed by atoms with E-state index in [2.05, 4.69) is 15.0 Å². The molecule has 2 rings (SSSR count). The van der Waals surface area contributed by atoms with Crippen molar-refractivity contribution < 1.29 is 18.3 Å². The highest BCUT2D eigenvalue weighted by molar-refractivity contribution is 6.32. The van der Waals surface area contributed by atoms with E-state index in [1.165, 1.54) is 18.2 Å². The summed E-state index contributed by atoms with van der Waals surface area (Å²) >= 11 is 5.68. The maximum Gasteiger partial charge on any atom is 0.359 e. The number of pyridine rings is 1. The number of carbonyl (C=O) groups excluding carboxylic acids is 1. The molecular weight excluding hydrogens is 316 g/mol. The lowest BCUT2D eigenvalue weighted by atomic mass is 10.2. The Morgan fingerprint density at radius 1 is 1.41 bits per heavy atom. The Balaban J connectivity index is 2.64. The molecule has 5 nitrogen and oxygen atoms in total. The van der Waals surface area contributed by atoms with Crippen molar-refractivity contribution in [2.45, 2.75) is 0 Å². The van der Waals surface area contributed by atoms with Crippen molar-refractivity contribution in [1.82, 2.24) is 4.98 Å². The fraction of sp³-hybridized carbons (Fsp3) is 0.0714. The van der Waals surface area contributed by atoms with Gasteiger partial charge in [0, 0.05) is 0 Å². The van der Waals surface area contributed by atoms with Gasteiger partial charge in [-0.1, -0.05) is 23.7 Å². The van der Waals surface area contributed by atoms with Crippen LogP contribution < -0.4 is 5.32 Å². The Kier molecular flexibility index (Phi) is 4.53. The summed E-state index contributed by atoms with van der Waals surface area (Å²) in [6.45, 7) is 0. The Morgan fingerprint density at radius 2 is 2.09 bits per heavy atom. The number of nitrogens with one attached hydrogen (secondary N) is 1. The van der Waals surface area contributed by atoms with Gasteiger partial charge in [0.05, 0.1) is 12.8 Å². The van der Waals surface area contributed by atoms with Crippen molar-refractivity contribution in [3.63, 3.8) is 0 Å². The molecule has 0 atom stereocenters. The number of nitriles is 1. The second kappa shape index (κ2) is 6.37. The highest BCUT2D eigenvalue weighted by Crippen LogP contribution is 2.31. The van der Waals surface area contributed by atoms with E-state index in [4.69, 9.17) is 16.9 Å². The summed E-state index contributed by atoms with van der Waals surface area (Å²) in [5, 5.41) is 10.7. The minimum atomic E-state index is -1.10. The molecule has 0 saturated heterocycles. The number of anilines is 2. The van der Waals surface area contributed by atoms with Crippen molar-refractivity contribution in [3.8, 4) is 6.07 Å². The number of esters is 1. The topological polar surface area (TPSA) is 75.0 Å². The van der Waals surface area contributed by atoms with E-state index < -0.39 is 39.7 Å². The summed E-state index contributed by atoms with van der Waals surface area (Å²) < 4.78 is 32.5. The Labute approximate surface area is 129 Å². The minimum Gasteiger partial charge on any atom is -0.464 e. The van der Waals surface area contributed by atoms with Crippen LogP contribution in [-0.2, 0) is 4.74 Å². The van der Waals surface area contributed by atoms with Gasteiger partial charge in [0.2, 0.25) is 0 Å². The van der Waals surface area contributed by atoms with Crippen LogP contribution in [0.5, 0.6) is 0 Å². The van der Waals surface area contributed by atoms with Crippen molar-refractivity contribution in [1.29, 1.82) is 5.26 Å². The van der Waals surface area contributed by atoms with Gasteiger partial charge in [0.1, 0.15) is 22.6 Å². The lowest BCUT2D eigenvalue weighted by Crippen LogP contribution is -2.12. The zero-order valence-corrected chi connectivity index (χ0v) is 11.9. The first-order valence-electron chi connectivity index (χ1n) is 5.88. The molecule has 0 bridgehead atoms. The van der Waals surface area contributed by atoms with E-state index in [9.17, 15) is 13.6 Å². The molecule has 112 valence electrons. The van der Waals surface area contributed by atoms with Crippen LogP contribution in [0.15, 0.2) is 24.3 Å². The number of hydrogen-bond acceptors (Lipinski definition) is 5. The number of rotatable bonds is 3. The van der Waals surface area contributed by atoms with Gasteiger partial charge in [0.15, 0.2) is 17.2 Å². The molecule has 1 N–H and O–H groups in total. The predicted molar refractivity (Wildman–Crippen MR) is 74.9 cm³/mol. The molecule has 0 aliphatic rings. The maximum absolute atomic E-state index is 14.3. The van der Waals surface area contributed by atoms with Gasteiger partial charge in [-0.2, -0.15) is 5.26 Å². The average Bonchev–Trinajstić information content (AvgIpc) is 2.53. The van der Waals surface area contributed by atoms with Crippen LogP contribution in [0.2, 0.25) is 5.02 Å². The van der Waals surface area contributed by atoms with E-state index in [1.807, 2.05) is 0 Å². The highest BCUT2D eigenvalue weighted by Gasteiger charge is 2.24. The number of hydrogen-bond donors (Lipinski definition) is 1. The van der Waals surface area contributed by atoms with Gasteiger partial charge < -0.3 is 10.1 Å². The van der Waals surface area contributed by atoms with Crippen LogP contribution in [0.4, 0.5) is 20.2 Å². The first kappa shape index (κ1) is 15.7. The molecular formula is C14H8ClF2N3O2. The number of ether oxygens (including phenoxy) is 1. The van der Waals surface area contributed by atoms with Gasteiger partial charge in [-0.3, -0.25) is 0 Å². The van der Waals surface area contributed by atoms with Crippen molar-refractivity contribution in [3.05, 3.63) is 52.3 Å². The molecule has 1 aromatic carbocycles. The predicted octanol–water partition coefficient (Wildman–Crippen LogP) is 3.42. The number of methoxy groups -OCH3 is 1. The molecule has 0 unspecified atom stereocenters. The molecule has 2 aromatic rings. The van der Waals surface area contributed by atoms with Gasteiger partial charge in [0.25, 0.3) is 0 Å². The fourth-order valence-electron chi connectivity index (χ4n) is 1.66. The standard InChI is InChI=1S/C14H8ClF2N3O2/c1-22-14(21)13-12(11(17)10(15)9(6-18)20-13)19-8-5-3-2-4-7(8)16/h2-5,19H,1H3. The average molecular weight is 324 g/mol. The van der Waals surface area contributed by atoms with E-state index in [0.29, 0.717) is 0 Å². The van der Waals surface area contributed by atoms with Crippen molar-refractivity contribution in [2.75, 3.05) is 12.4 Å². The summed E-state index contributed by atoms with van der Waals surface area (Å²) in [5.41, 5.74) is -1.54. The van der Waals surface area contributed by atoms with E-state index in [-0.39, 0.29) is 5.69 Å². The number of benzene rings is 1. The Bertz CT molecular complexity index is 790. The maximum atomic E-state index is 14.3. The largest absolute Gasteiger partial charge is 0.464 e. The molecule has 0 aliphatic carbocycles.